The van der Waals surface area contributed by atoms with Gasteiger partial charge in [0.05, 0.1) is 16.6 Å². The topological polar surface area (TPSA) is 48.5 Å². The van der Waals surface area contributed by atoms with Gasteiger partial charge in [-0.15, -0.1) is 0 Å². The lowest BCUT2D eigenvalue weighted by Gasteiger charge is -2.37. The van der Waals surface area contributed by atoms with Crippen molar-refractivity contribution in [2.45, 2.75) is 13.1 Å². The summed E-state index contributed by atoms with van der Waals surface area (Å²) in [5.74, 6) is 0.485. The van der Waals surface area contributed by atoms with Crippen molar-refractivity contribution >= 4 is 28.3 Å². The van der Waals surface area contributed by atoms with E-state index in [1.807, 2.05) is 36.1 Å². The summed E-state index contributed by atoms with van der Waals surface area (Å²) in [6.45, 7) is 8.31. The molecule has 4 rings (SSSR count). The van der Waals surface area contributed by atoms with Gasteiger partial charge >= 0.3 is 6.18 Å². The van der Waals surface area contributed by atoms with Crippen LogP contribution in [0.2, 0.25) is 0 Å². The second kappa shape index (κ2) is 9.13. The van der Waals surface area contributed by atoms with Crippen LogP contribution in [-0.2, 0) is 6.18 Å². The molecule has 0 spiro atoms. The molecule has 172 valence electrons. The number of benzene rings is 2. The summed E-state index contributed by atoms with van der Waals surface area (Å²) in [6, 6.07) is 14.7. The third-order valence-electron chi connectivity index (χ3n) is 5.64. The van der Waals surface area contributed by atoms with Gasteiger partial charge < -0.3 is 15.1 Å². The highest BCUT2D eigenvalue weighted by Gasteiger charge is 2.31. The maximum Gasteiger partial charge on any atom is 0.416 e. The van der Waals surface area contributed by atoms with Gasteiger partial charge in [0.1, 0.15) is 5.82 Å². The summed E-state index contributed by atoms with van der Waals surface area (Å²) in [6.07, 6.45) is -4.37. The third kappa shape index (κ3) is 5.10. The molecule has 1 saturated heterocycles. The van der Waals surface area contributed by atoms with E-state index in [2.05, 4.69) is 16.8 Å². The molecule has 2 aromatic carbocycles. The molecule has 0 atom stereocenters. The molecule has 5 nitrogen and oxygen atoms in total. The number of fused-ring (bicyclic) bond motifs is 1. The van der Waals surface area contributed by atoms with Crippen LogP contribution < -0.4 is 15.1 Å². The molecule has 1 aliphatic heterocycles. The number of hydrogen-bond acceptors (Lipinski definition) is 4. The molecule has 1 fully saturated rings. The molecule has 2 heterocycles. The van der Waals surface area contributed by atoms with Crippen molar-refractivity contribution < 1.29 is 18.0 Å². The predicted molar refractivity (Wildman–Crippen MR) is 125 cm³/mol. The lowest BCUT2D eigenvalue weighted by molar-refractivity contribution is -0.137. The monoisotopic (exact) mass is 454 g/mol. The molecule has 0 radical (unpaired) electrons. The van der Waals surface area contributed by atoms with Crippen LogP contribution in [0.3, 0.4) is 0 Å². The molecule has 1 aliphatic rings. The average Bonchev–Trinajstić information content (AvgIpc) is 2.81. The van der Waals surface area contributed by atoms with E-state index in [1.165, 1.54) is 12.1 Å². The van der Waals surface area contributed by atoms with Crippen LogP contribution in [-0.4, -0.2) is 43.6 Å². The molecule has 1 N–H and O–H groups in total. The Balaban J connectivity index is 1.55. The van der Waals surface area contributed by atoms with E-state index in [4.69, 9.17) is 4.98 Å². The molecule has 0 aliphatic carbocycles. The zero-order chi connectivity index (χ0) is 23.6. The van der Waals surface area contributed by atoms with Gasteiger partial charge in [-0.25, -0.2) is 4.98 Å². The second-order valence-electron chi connectivity index (χ2n) is 8.21. The summed E-state index contributed by atoms with van der Waals surface area (Å²) >= 11 is 0. The highest BCUT2D eigenvalue weighted by atomic mass is 19.4. The zero-order valence-electron chi connectivity index (χ0n) is 18.3. The largest absolute Gasteiger partial charge is 0.416 e. The number of halogens is 3. The molecule has 0 bridgehead atoms. The van der Waals surface area contributed by atoms with E-state index in [0.717, 1.165) is 22.5 Å². The minimum Gasteiger partial charge on any atom is -0.368 e. The van der Waals surface area contributed by atoms with Crippen LogP contribution in [0.4, 0.5) is 24.7 Å². The highest BCUT2D eigenvalue weighted by Crippen LogP contribution is 2.32. The number of aromatic nitrogens is 1. The number of para-hydroxylation sites is 1. The molecule has 1 aromatic heterocycles. The summed E-state index contributed by atoms with van der Waals surface area (Å²) in [4.78, 5) is 21.6. The van der Waals surface area contributed by atoms with Crippen molar-refractivity contribution in [2.24, 2.45) is 0 Å². The Morgan fingerprint density at radius 2 is 1.73 bits per heavy atom. The number of rotatable bonds is 5. The fourth-order valence-electron chi connectivity index (χ4n) is 3.91. The minimum atomic E-state index is -4.37. The lowest BCUT2D eigenvalue weighted by atomic mass is 10.1. The van der Waals surface area contributed by atoms with Crippen molar-refractivity contribution in [3.05, 3.63) is 77.9 Å². The predicted octanol–water partition coefficient (Wildman–Crippen LogP) is 4.89. The fraction of sp³-hybridized carbons (Fsp3) is 0.280. The van der Waals surface area contributed by atoms with Crippen molar-refractivity contribution in [1.82, 2.24) is 10.3 Å². The van der Waals surface area contributed by atoms with E-state index in [1.54, 1.807) is 12.1 Å². The second-order valence-corrected chi connectivity index (χ2v) is 8.21. The Bertz CT molecular complexity index is 1180. The molecule has 0 unspecified atom stereocenters. The van der Waals surface area contributed by atoms with Crippen LogP contribution in [0, 0.1) is 0 Å². The van der Waals surface area contributed by atoms with Crippen molar-refractivity contribution in [2.75, 3.05) is 42.5 Å². The molecular weight excluding hydrogens is 429 g/mol. The van der Waals surface area contributed by atoms with Crippen LogP contribution in [0.1, 0.15) is 22.8 Å². The average molecular weight is 454 g/mol. The summed E-state index contributed by atoms with van der Waals surface area (Å²) in [7, 11) is 0. The molecule has 1 amide bonds. The van der Waals surface area contributed by atoms with Gasteiger partial charge in [-0.05, 0) is 37.3 Å². The number of anilines is 2. The smallest absolute Gasteiger partial charge is 0.368 e. The number of hydrogen-bond donors (Lipinski definition) is 1. The van der Waals surface area contributed by atoms with Gasteiger partial charge in [-0.2, -0.15) is 13.2 Å². The molecule has 0 saturated carbocycles. The van der Waals surface area contributed by atoms with Gasteiger partial charge in [0.2, 0.25) is 0 Å². The van der Waals surface area contributed by atoms with Crippen LogP contribution in [0.15, 0.2) is 66.7 Å². The quantitative estimate of drug-likeness (QED) is 0.558. The first kappa shape index (κ1) is 22.6. The van der Waals surface area contributed by atoms with Gasteiger partial charge in [-0.3, -0.25) is 4.79 Å². The molecule has 8 heteroatoms. The minimum absolute atomic E-state index is 0.194. The maximum absolute atomic E-state index is 13.1. The zero-order valence-corrected chi connectivity index (χ0v) is 18.3. The number of carbonyl (C=O) groups is 1. The Labute approximate surface area is 190 Å². The Kier molecular flexibility index (Phi) is 6.26. The van der Waals surface area contributed by atoms with Gasteiger partial charge in [0.15, 0.2) is 0 Å². The Hall–Kier alpha value is -3.55. The number of alkyl halides is 3. The number of nitrogens with one attached hydrogen (secondary N) is 1. The molecule has 33 heavy (non-hydrogen) atoms. The van der Waals surface area contributed by atoms with Crippen molar-refractivity contribution in [3.63, 3.8) is 0 Å². The highest BCUT2D eigenvalue weighted by molar-refractivity contribution is 6.07. The lowest BCUT2D eigenvalue weighted by Crippen LogP contribution is -2.47. The summed E-state index contributed by atoms with van der Waals surface area (Å²) < 4.78 is 39.2. The van der Waals surface area contributed by atoms with Crippen molar-refractivity contribution in [1.29, 1.82) is 0 Å². The fourth-order valence-corrected chi connectivity index (χ4v) is 3.91. The summed E-state index contributed by atoms with van der Waals surface area (Å²) in [5, 5.41) is 3.65. The van der Waals surface area contributed by atoms with E-state index in [9.17, 15) is 18.0 Å². The van der Waals surface area contributed by atoms with Gasteiger partial charge in [0.25, 0.3) is 5.91 Å². The van der Waals surface area contributed by atoms with E-state index in [-0.39, 0.29) is 5.91 Å². The molecule has 3 aromatic rings. The van der Waals surface area contributed by atoms with E-state index >= 15 is 0 Å². The van der Waals surface area contributed by atoms with Crippen LogP contribution >= 0.6 is 0 Å². The van der Waals surface area contributed by atoms with Crippen LogP contribution in [0.5, 0.6) is 0 Å². The number of pyridine rings is 1. The standard InChI is InChI=1S/C25H25F3N4O/c1-17(2)16-29-24(33)21-15-23(30-22-9-4-3-8-20(21)22)32-12-10-31(11-13-32)19-7-5-6-18(14-19)25(26,27)28/h3-9,14-15H,1,10-13,16H2,2H3,(H,29,33). The number of piperazine rings is 1. The Morgan fingerprint density at radius 3 is 2.42 bits per heavy atom. The van der Waals surface area contributed by atoms with Gasteiger partial charge in [0, 0.05) is 43.8 Å². The Morgan fingerprint density at radius 1 is 1.03 bits per heavy atom. The number of carbonyl (C=O) groups excluding carboxylic acids is 1. The first-order valence-corrected chi connectivity index (χ1v) is 10.7. The summed E-state index contributed by atoms with van der Waals surface area (Å²) in [5.41, 5.74) is 2.01. The maximum atomic E-state index is 13.1. The SMILES string of the molecule is C=C(C)CNC(=O)c1cc(N2CCN(c3cccc(C(F)(F)F)c3)CC2)nc2ccccc12. The third-order valence-corrected chi connectivity index (χ3v) is 5.64. The normalized spacial score (nSPS) is 14.4. The number of amides is 1. The van der Waals surface area contributed by atoms with E-state index in [0.29, 0.717) is 49.8 Å². The van der Waals surface area contributed by atoms with Crippen LogP contribution in [0.25, 0.3) is 10.9 Å². The van der Waals surface area contributed by atoms with E-state index < -0.39 is 11.7 Å². The first-order chi connectivity index (χ1) is 15.7. The van der Waals surface area contributed by atoms with Crippen molar-refractivity contribution in [3.8, 4) is 0 Å². The molecular formula is C25H25F3N4O. The number of nitrogens with zero attached hydrogens (tertiary/aromatic N) is 3. The van der Waals surface area contributed by atoms with Gasteiger partial charge in [-0.1, -0.05) is 36.4 Å². The first-order valence-electron chi connectivity index (χ1n) is 10.7.